The van der Waals surface area contributed by atoms with Crippen LogP contribution in [0.4, 0.5) is 5.69 Å². The largest absolute Gasteiger partial charge is 0.326 e. The van der Waals surface area contributed by atoms with Gasteiger partial charge in [0.2, 0.25) is 5.91 Å². The molecule has 2 atom stereocenters. The van der Waals surface area contributed by atoms with Crippen molar-refractivity contribution in [2.45, 2.75) is 24.3 Å². The second kappa shape index (κ2) is 10.5. The minimum atomic E-state index is -0.970. The molecule has 2 aromatic carbocycles. The number of amides is 1. The molecule has 2 N–H and O–H groups in total. The van der Waals surface area contributed by atoms with E-state index in [-0.39, 0.29) is 24.2 Å². The summed E-state index contributed by atoms with van der Waals surface area (Å²) >= 11 is 0. The van der Waals surface area contributed by atoms with E-state index in [1.165, 1.54) is 0 Å². The Balaban J connectivity index is 0.00000243. The van der Waals surface area contributed by atoms with Crippen molar-refractivity contribution in [2.75, 3.05) is 18.4 Å². The first-order chi connectivity index (χ1) is 12.2. The van der Waals surface area contributed by atoms with Gasteiger partial charge < -0.3 is 10.6 Å². The highest BCUT2D eigenvalue weighted by molar-refractivity contribution is 7.83. The van der Waals surface area contributed by atoms with E-state index in [4.69, 9.17) is 0 Å². The maximum atomic E-state index is 12.4. The monoisotopic (exact) mass is 392 g/mol. The summed E-state index contributed by atoms with van der Waals surface area (Å²) < 4.78 is 12.4. The number of halogens is 1. The molecule has 26 heavy (non-hydrogen) atoms. The van der Waals surface area contributed by atoms with Crippen LogP contribution in [0.25, 0.3) is 0 Å². The zero-order valence-electron chi connectivity index (χ0n) is 14.6. The number of carbonyl (C=O) groups is 1. The van der Waals surface area contributed by atoms with Crippen LogP contribution in [0, 0.1) is 5.92 Å². The van der Waals surface area contributed by atoms with Crippen LogP contribution in [0.15, 0.2) is 54.6 Å². The quantitative estimate of drug-likeness (QED) is 0.791. The topological polar surface area (TPSA) is 58.2 Å². The van der Waals surface area contributed by atoms with Gasteiger partial charge in [0.05, 0.1) is 5.92 Å². The maximum Gasteiger partial charge on any atom is 0.228 e. The molecule has 140 valence electrons. The Hall–Kier alpha value is -1.69. The van der Waals surface area contributed by atoms with Crippen LogP contribution in [-0.4, -0.2) is 23.2 Å². The number of hydrogen-bond donors (Lipinski definition) is 2. The summed E-state index contributed by atoms with van der Waals surface area (Å²) in [6.45, 7) is 1.74. The highest BCUT2D eigenvalue weighted by Crippen LogP contribution is 2.17. The fourth-order valence-electron chi connectivity index (χ4n) is 3.06. The van der Waals surface area contributed by atoms with E-state index in [9.17, 15) is 9.00 Å². The van der Waals surface area contributed by atoms with Gasteiger partial charge in [0, 0.05) is 34.5 Å². The van der Waals surface area contributed by atoms with Gasteiger partial charge in [-0.3, -0.25) is 9.00 Å². The molecule has 0 spiro atoms. The van der Waals surface area contributed by atoms with Gasteiger partial charge in [-0.25, -0.2) is 0 Å². The van der Waals surface area contributed by atoms with E-state index in [0.29, 0.717) is 11.5 Å². The van der Waals surface area contributed by atoms with Gasteiger partial charge in [0.25, 0.3) is 0 Å². The third kappa shape index (κ3) is 6.24. The molecular formula is C20H25ClN2O2S. The third-order valence-corrected chi connectivity index (χ3v) is 5.67. The number of rotatable bonds is 6. The lowest BCUT2D eigenvalue weighted by atomic mass is 9.99. The van der Waals surface area contributed by atoms with Gasteiger partial charge in [-0.05, 0) is 42.6 Å². The first kappa shape index (κ1) is 20.6. The van der Waals surface area contributed by atoms with Crippen molar-refractivity contribution in [1.82, 2.24) is 5.32 Å². The van der Waals surface area contributed by atoms with E-state index in [1.807, 2.05) is 54.6 Å². The summed E-state index contributed by atoms with van der Waals surface area (Å²) in [5.74, 6) is 1.13. The summed E-state index contributed by atoms with van der Waals surface area (Å²) in [4.78, 5) is 12.3. The SMILES string of the molecule is Cl.O=C(Nc1cccc(CS(=O)Cc2ccccc2)c1)C1CCCNC1. The molecular weight excluding hydrogens is 368 g/mol. The lowest BCUT2D eigenvalue weighted by Crippen LogP contribution is -2.37. The smallest absolute Gasteiger partial charge is 0.228 e. The lowest BCUT2D eigenvalue weighted by Gasteiger charge is -2.22. The summed E-state index contributed by atoms with van der Waals surface area (Å²) in [6, 6.07) is 17.5. The Morgan fingerprint density at radius 2 is 1.81 bits per heavy atom. The van der Waals surface area contributed by atoms with Crippen LogP contribution in [-0.2, 0) is 27.1 Å². The van der Waals surface area contributed by atoms with E-state index >= 15 is 0 Å². The van der Waals surface area contributed by atoms with Gasteiger partial charge in [0.15, 0.2) is 0 Å². The van der Waals surface area contributed by atoms with Gasteiger partial charge in [-0.15, -0.1) is 12.4 Å². The molecule has 3 rings (SSSR count). The lowest BCUT2D eigenvalue weighted by molar-refractivity contribution is -0.120. The predicted octanol–water partition coefficient (Wildman–Crippen LogP) is 3.50. The van der Waals surface area contributed by atoms with Crippen LogP contribution >= 0.6 is 12.4 Å². The normalized spacial score (nSPS) is 17.8. The summed E-state index contributed by atoms with van der Waals surface area (Å²) in [5.41, 5.74) is 2.84. The Labute approximate surface area is 163 Å². The highest BCUT2D eigenvalue weighted by Gasteiger charge is 2.20. The van der Waals surface area contributed by atoms with Crippen molar-refractivity contribution in [3.05, 3.63) is 65.7 Å². The van der Waals surface area contributed by atoms with Crippen molar-refractivity contribution in [1.29, 1.82) is 0 Å². The fraction of sp³-hybridized carbons (Fsp3) is 0.350. The third-order valence-electron chi connectivity index (χ3n) is 4.36. The summed E-state index contributed by atoms with van der Waals surface area (Å²) in [5, 5.41) is 6.26. The number of nitrogens with one attached hydrogen (secondary N) is 2. The number of hydrogen-bond acceptors (Lipinski definition) is 3. The fourth-order valence-corrected chi connectivity index (χ4v) is 4.27. The highest BCUT2D eigenvalue weighted by atomic mass is 35.5. The van der Waals surface area contributed by atoms with E-state index in [2.05, 4.69) is 10.6 Å². The summed E-state index contributed by atoms with van der Waals surface area (Å²) in [6.07, 6.45) is 1.97. The first-order valence-electron chi connectivity index (χ1n) is 8.70. The Bertz CT molecular complexity index is 734. The molecule has 2 unspecified atom stereocenters. The molecule has 0 radical (unpaired) electrons. The second-order valence-corrected chi connectivity index (χ2v) is 7.90. The van der Waals surface area contributed by atoms with Crippen molar-refractivity contribution < 1.29 is 9.00 Å². The molecule has 1 heterocycles. The molecule has 6 heteroatoms. The second-order valence-electron chi connectivity index (χ2n) is 6.45. The Morgan fingerprint density at radius 1 is 1.08 bits per heavy atom. The van der Waals surface area contributed by atoms with Crippen LogP contribution in [0.5, 0.6) is 0 Å². The molecule has 1 saturated heterocycles. The van der Waals surface area contributed by atoms with Gasteiger partial charge in [-0.2, -0.15) is 0 Å². The van der Waals surface area contributed by atoms with Crippen molar-refractivity contribution in [3.8, 4) is 0 Å². The zero-order valence-corrected chi connectivity index (χ0v) is 16.3. The molecule has 0 saturated carbocycles. The number of benzene rings is 2. The molecule has 1 aliphatic rings. The molecule has 4 nitrogen and oxygen atoms in total. The van der Waals surface area contributed by atoms with Crippen molar-refractivity contribution >= 4 is 34.8 Å². The van der Waals surface area contributed by atoms with Crippen LogP contribution in [0.3, 0.4) is 0 Å². The van der Waals surface area contributed by atoms with E-state index in [1.54, 1.807) is 0 Å². The Kier molecular flexibility index (Phi) is 8.29. The first-order valence-corrected chi connectivity index (χ1v) is 10.2. The number of piperidine rings is 1. The van der Waals surface area contributed by atoms with Crippen LogP contribution in [0.2, 0.25) is 0 Å². The maximum absolute atomic E-state index is 12.4. The van der Waals surface area contributed by atoms with Crippen LogP contribution < -0.4 is 10.6 Å². The predicted molar refractivity (Wildman–Crippen MR) is 110 cm³/mol. The summed E-state index contributed by atoms with van der Waals surface area (Å²) in [7, 11) is -0.970. The average molecular weight is 393 g/mol. The van der Waals surface area contributed by atoms with Crippen LogP contribution in [0.1, 0.15) is 24.0 Å². The molecule has 0 aliphatic carbocycles. The molecule has 2 aromatic rings. The number of anilines is 1. The van der Waals surface area contributed by atoms with E-state index in [0.717, 1.165) is 42.7 Å². The average Bonchev–Trinajstić information content (AvgIpc) is 2.63. The Morgan fingerprint density at radius 3 is 2.54 bits per heavy atom. The van der Waals surface area contributed by atoms with Crippen molar-refractivity contribution in [2.24, 2.45) is 5.92 Å². The standard InChI is InChI=1S/C20H24N2O2S.ClH/c23-20(18-9-5-11-21-13-18)22-19-10-4-8-17(12-19)15-25(24)14-16-6-2-1-3-7-16;/h1-4,6-8,10,12,18,21H,5,9,11,13-15H2,(H,22,23);1H. The minimum Gasteiger partial charge on any atom is -0.326 e. The van der Waals surface area contributed by atoms with Gasteiger partial charge in [-0.1, -0.05) is 42.5 Å². The molecule has 1 amide bonds. The molecule has 0 bridgehead atoms. The number of carbonyl (C=O) groups excluding carboxylic acids is 1. The van der Waals surface area contributed by atoms with Crippen molar-refractivity contribution in [3.63, 3.8) is 0 Å². The zero-order chi connectivity index (χ0) is 17.5. The van der Waals surface area contributed by atoms with Gasteiger partial charge in [0.1, 0.15) is 0 Å². The van der Waals surface area contributed by atoms with Gasteiger partial charge >= 0.3 is 0 Å². The molecule has 1 fully saturated rings. The molecule has 1 aliphatic heterocycles. The molecule has 0 aromatic heterocycles. The van der Waals surface area contributed by atoms with E-state index < -0.39 is 10.8 Å². The minimum absolute atomic E-state index is 0.